The Hall–Kier alpha value is -3.93. The SMILES string of the molecule is O=C(Cn1c2ccccc2c(=O)c2ccccc21)Nc1ccc(C(=O)NC2CC2)cc1. The van der Waals surface area contributed by atoms with Crippen molar-refractivity contribution in [3.05, 3.63) is 88.6 Å². The third kappa shape index (κ3) is 3.80. The van der Waals surface area contributed by atoms with Gasteiger partial charge in [-0.05, 0) is 61.4 Å². The average Bonchev–Trinajstić information content (AvgIpc) is 3.61. The molecule has 0 radical (unpaired) electrons. The number of nitrogens with one attached hydrogen (secondary N) is 2. The van der Waals surface area contributed by atoms with Gasteiger partial charge in [-0.15, -0.1) is 0 Å². The Morgan fingerprint density at radius 3 is 2.00 bits per heavy atom. The second kappa shape index (κ2) is 7.72. The van der Waals surface area contributed by atoms with Gasteiger partial charge in [0.2, 0.25) is 5.91 Å². The highest BCUT2D eigenvalue weighted by Gasteiger charge is 2.23. The Morgan fingerprint density at radius 2 is 1.42 bits per heavy atom. The number of rotatable bonds is 5. The van der Waals surface area contributed by atoms with Gasteiger partial charge in [-0.25, -0.2) is 0 Å². The van der Waals surface area contributed by atoms with Crippen molar-refractivity contribution in [1.29, 1.82) is 0 Å². The molecular formula is C25H21N3O3. The first-order chi connectivity index (χ1) is 15.1. The molecule has 1 heterocycles. The summed E-state index contributed by atoms with van der Waals surface area (Å²) in [6.07, 6.45) is 2.07. The Kier molecular flexibility index (Phi) is 4.75. The van der Waals surface area contributed by atoms with E-state index in [1.165, 1.54) is 0 Å². The van der Waals surface area contributed by atoms with Crippen molar-refractivity contribution in [3.8, 4) is 0 Å². The smallest absolute Gasteiger partial charge is 0.251 e. The molecule has 0 bridgehead atoms. The second-order valence-corrected chi connectivity index (χ2v) is 7.82. The van der Waals surface area contributed by atoms with Gasteiger partial charge in [0.15, 0.2) is 5.43 Å². The molecule has 0 saturated heterocycles. The molecule has 0 atom stereocenters. The lowest BCUT2D eigenvalue weighted by Crippen LogP contribution is -2.25. The van der Waals surface area contributed by atoms with E-state index in [2.05, 4.69) is 10.6 Å². The van der Waals surface area contributed by atoms with Crippen molar-refractivity contribution in [3.63, 3.8) is 0 Å². The number of fused-ring (bicyclic) bond motifs is 2. The van der Waals surface area contributed by atoms with E-state index in [0.717, 1.165) is 12.8 Å². The first kappa shape index (κ1) is 19.1. The number of anilines is 1. The fraction of sp³-hybridized carbons (Fsp3) is 0.160. The van der Waals surface area contributed by atoms with Crippen molar-refractivity contribution in [2.75, 3.05) is 5.32 Å². The van der Waals surface area contributed by atoms with Crippen LogP contribution in [-0.2, 0) is 11.3 Å². The molecule has 31 heavy (non-hydrogen) atoms. The first-order valence-corrected chi connectivity index (χ1v) is 10.3. The van der Waals surface area contributed by atoms with Gasteiger partial charge in [0.25, 0.3) is 5.91 Å². The number of nitrogens with zero attached hydrogens (tertiary/aromatic N) is 1. The van der Waals surface area contributed by atoms with Crippen molar-refractivity contribution < 1.29 is 9.59 Å². The molecule has 6 nitrogen and oxygen atoms in total. The maximum absolute atomic E-state index is 12.8. The molecule has 4 aromatic rings. The van der Waals surface area contributed by atoms with E-state index in [1.54, 1.807) is 36.4 Å². The van der Waals surface area contributed by atoms with Crippen LogP contribution in [0, 0.1) is 0 Å². The van der Waals surface area contributed by atoms with Crippen LogP contribution >= 0.6 is 0 Å². The fourth-order valence-corrected chi connectivity index (χ4v) is 3.79. The standard InChI is InChI=1S/C25H21N3O3/c29-23(26-17-11-9-16(10-12-17)25(31)27-18-13-14-18)15-28-21-7-3-1-5-19(21)24(30)20-6-2-4-8-22(20)28/h1-12,18H,13-15H2,(H,26,29)(H,27,31). The molecular weight excluding hydrogens is 390 g/mol. The molecule has 2 amide bonds. The predicted molar refractivity (Wildman–Crippen MR) is 121 cm³/mol. The molecule has 1 aliphatic carbocycles. The molecule has 1 fully saturated rings. The van der Waals surface area contributed by atoms with Crippen LogP contribution in [-0.4, -0.2) is 22.4 Å². The number of aromatic nitrogens is 1. The van der Waals surface area contributed by atoms with E-state index in [1.807, 2.05) is 41.0 Å². The maximum Gasteiger partial charge on any atom is 0.251 e. The number of para-hydroxylation sites is 2. The number of pyridine rings is 1. The molecule has 1 aromatic heterocycles. The minimum absolute atomic E-state index is 0.0390. The molecule has 154 valence electrons. The topological polar surface area (TPSA) is 80.2 Å². The maximum atomic E-state index is 12.8. The first-order valence-electron chi connectivity index (χ1n) is 10.3. The van der Waals surface area contributed by atoms with E-state index >= 15 is 0 Å². The molecule has 2 N–H and O–H groups in total. The van der Waals surface area contributed by atoms with Crippen LogP contribution in [0.5, 0.6) is 0 Å². The number of hydrogen-bond acceptors (Lipinski definition) is 3. The Labute approximate surface area is 178 Å². The van der Waals surface area contributed by atoms with E-state index in [4.69, 9.17) is 0 Å². The average molecular weight is 411 g/mol. The summed E-state index contributed by atoms with van der Waals surface area (Å²) in [7, 11) is 0. The summed E-state index contributed by atoms with van der Waals surface area (Å²) in [6.45, 7) is 0.0607. The minimum atomic E-state index is -0.214. The Morgan fingerprint density at radius 1 is 0.839 bits per heavy atom. The summed E-state index contributed by atoms with van der Waals surface area (Å²) < 4.78 is 1.86. The highest BCUT2D eigenvalue weighted by Crippen LogP contribution is 2.21. The minimum Gasteiger partial charge on any atom is -0.349 e. The zero-order valence-corrected chi connectivity index (χ0v) is 16.8. The van der Waals surface area contributed by atoms with Gasteiger partial charge in [0.1, 0.15) is 6.54 Å². The van der Waals surface area contributed by atoms with Crippen LogP contribution in [0.25, 0.3) is 21.8 Å². The van der Waals surface area contributed by atoms with Crippen molar-refractivity contribution in [1.82, 2.24) is 9.88 Å². The van der Waals surface area contributed by atoms with E-state index in [-0.39, 0.29) is 23.8 Å². The highest BCUT2D eigenvalue weighted by molar-refractivity contribution is 5.98. The van der Waals surface area contributed by atoms with Crippen molar-refractivity contribution in [2.24, 2.45) is 0 Å². The van der Waals surface area contributed by atoms with Gasteiger partial charge in [-0.3, -0.25) is 14.4 Å². The van der Waals surface area contributed by atoms with Gasteiger partial charge in [0, 0.05) is 28.1 Å². The van der Waals surface area contributed by atoms with Crippen LogP contribution in [0.2, 0.25) is 0 Å². The Balaban J connectivity index is 1.40. The van der Waals surface area contributed by atoms with Crippen LogP contribution < -0.4 is 16.1 Å². The summed E-state index contributed by atoms with van der Waals surface area (Å²) in [5.41, 5.74) is 2.58. The lowest BCUT2D eigenvalue weighted by Gasteiger charge is -2.15. The number of benzene rings is 3. The molecule has 3 aromatic carbocycles. The quantitative estimate of drug-likeness (QED) is 0.492. The van der Waals surface area contributed by atoms with Crippen LogP contribution in [0.15, 0.2) is 77.6 Å². The van der Waals surface area contributed by atoms with Crippen LogP contribution in [0.3, 0.4) is 0 Å². The van der Waals surface area contributed by atoms with E-state index in [9.17, 15) is 14.4 Å². The molecule has 0 unspecified atom stereocenters. The summed E-state index contributed by atoms with van der Waals surface area (Å²) in [5.74, 6) is -0.305. The molecule has 6 heteroatoms. The number of carbonyl (C=O) groups excluding carboxylic acids is 2. The molecule has 1 aliphatic rings. The molecule has 5 rings (SSSR count). The predicted octanol–water partition coefficient (Wildman–Crippen LogP) is 3.69. The van der Waals surface area contributed by atoms with Crippen molar-refractivity contribution >= 4 is 39.3 Å². The zero-order valence-electron chi connectivity index (χ0n) is 16.8. The van der Waals surface area contributed by atoms with Crippen LogP contribution in [0.4, 0.5) is 5.69 Å². The molecule has 1 saturated carbocycles. The van der Waals surface area contributed by atoms with Gasteiger partial charge >= 0.3 is 0 Å². The van der Waals surface area contributed by atoms with Gasteiger partial charge in [-0.2, -0.15) is 0 Å². The molecule has 0 spiro atoms. The number of carbonyl (C=O) groups is 2. The second-order valence-electron chi connectivity index (χ2n) is 7.82. The largest absolute Gasteiger partial charge is 0.349 e. The van der Waals surface area contributed by atoms with Gasteiger partial charge < -0.3 is 15.2 Å². The number of amides is 2. The zero-order chi connectivity index (χ0) is 21.4. The van der Waals surface area contributed by atoms with E-state index in [0.29, 0.717) is 39.1 Å². The third-order valence-electron chi connectivity index (χ3n) is 5.52. The molecule has 0 aliphatic heterocycles. The monoisotopic (exact) mass is 411 g/mol. The third-order valence-corrected chi connectivity index (χ3v) is 5.52. The van der Waals surface area contributed by atoms with E-state index < -0.39 is 0 Å². The van der Waals surface area contributed by atoms with Crippen LogP contribution in [0.1, 0.15) is 23.2 Å². The highest BCUT2D eigenvalue weighted by atomic mass is 16.2. The fourth-order valence-electron chi connectivity index (χ4n) is 3.79. The lowest BCUT2D eigenvalue weighted by atomic mass is 10.1. The Bertz CT molecular complexity index is 1310. The van der Waals surface area contributed by atoms with Gasteiger partial charge in [0.05, 0.1) is 11.0 Å². The normalized spacial score (nSPS) is 13.3. The summed E-state index contributed by atoms with van der Waals surface area (Å²) in [6, 6.07) is 21.8. The summed E-state index contributed by atoms with van der Waals surface area (Å²) in [4.78, 5) is 37.8. The van der Waals surface area contributed by atoms with Gasteiger partial charge in [-0.1, -0.05) is 24.3 Å². The summed E-state index contributed by atoms with van der Waals surface area (Å²) in [5, 5.41) is 7.00. The van der Waals surface area contributed by atoms with Crippen molar-refractivity contribution in [2.45, 2.75) is 25.4 Å². The number of hydrogen-bond donors (Lipinski definition) is 2. The summed E-state index contributed by atoms with van der Waals surface area (Å²) >= 11 is 0. The lowest BCUT2D eigenvalue weighted by molar-refractivity contribution is -0.116.